The first kappa shape index (κ1) is 16.1. The van der Waals surface area contributed by atoms with Crippen LogP contribution >= 0.6 is 15.9 Å². The van der Waals surface area contributed by atoms with E-state index in [0.29, 0.717) is 25.3 Å². The summed E-state index contributed by atoms with van der Waals surface area (Å²) in [6.07, 6.45) is 5.04. The number of rotatable bonds is 7. The van der Waals surface area contributed by atoms with Crippen molar-refractivity contribution in [2.75, 3.05) is 6.54 Å². The molecule has 118 valence electrons. The van der Waals surface area contributed by atoms with Gasteiger partial charge in [-0.15, -0.1) is 0 Å². The largest absolute Gasteiger partial charge is 0.354 e. The third kappa shape index (κ3) is 4.38. The highest BCUT2D eigenvalue weighted by molar-refractivity contribution is 9.10. The molecule has 0 unspecified atom stereocenters. The van der Waals surface area contributed by atoms with Crippen molar-refractivity contribution in [2.45, 2.75) is 26.4 Å². The van der Waals surface area contributed by atoms with Crippen LogP contribution in [0.3, 0.4) is 0 Å². The van der Waals surface area contributed by atoms with Gasteiger partial charge in [0.25, 0.3) is 0 Å². The number of nitrogens with zero attached hydrogens (tertiary/aromatic N) is 5. The lowest BCUT2D eigenvalue weighted by molar-refractivity contribution is -0.385. The zero-order chi connectivity index (χ0) is 16.1. The molecule has 0 atom stereocenters. The van der Waals surface area contributed by atoms with Crippen LogP contribution < -0.4 is 5.32 Å². The average Bonchev–Trinajstić information content (AvgIpc) is 3.02. The van der Waals surface area contributed by atoms with Crippen molar-refractivity contribution in [3.8, 4) is 0 Å². The number of hydrogen-bond donors (Lipinski definition) is 1. The van der Waals surface area contributed by atoms with Crippen LogP contribution in [0.2, 0.25) is 0 Å². The SMILES string of the molecule is Cc1nn(CCC(=O)NCCn2cc(Br)cn2)cc1[N+](=O)[O-]. The van der Waals surface area contributed by atoms with Crippen molar-refractivity contribution in [3.05, 3.63) is 38.9 Å². The van der Waals surface area contributed by atoms with E-state index < -0.39 is 4.92 Å². The van der Waals surface area contributed by atoms with Gasteiger partial charge in [-0.3, -0.25) is 24.3 Å². The highest BCUT2D eigenvalue weighted by Gasteiger charge is 2.15. The molecule has 0 aliphatic rings. The minimum absolute atomic E-state index is 0.0373. The number of nitro groups is 1. The maximum absolute atomic E-state index is 11.7. The van der Waals surface area contributed by atoms with Crippen LogP contribution in [0.25, 0.3) is 0 Å². The predicted octanol–water partition coefficient (Wildman–Crippen LogP) is 1.27. The second kappa shape index (κ2) is 7.16. The fourth-order valence-electron chi connectivity index (χ4n) is 1.88. The number of carbonyl (C=O) groups excluding carboxylic acids is 1. The molecule has 9 nitrogen and oxygen atoms in total. The summed E-state index contributed by atoms with van der Waals surface area (Å²) >= 11 is 3.29. The second-order valence-electron chi connectivity index (χ2n) is 4.64. The van der Waals surface area contributed by atoms with E-state index in [-0.39, 0.29) is 18.0 Å². The Hall–Kier alpha value is -2.23. The molecule has 10 heteroatoms. The van der Waals surface area contributed by atoms with Crippen molar-refractivity contribution in [3.63, 3.8) is 0 Å². The number of hydrogen-bond acceptors (Lipinski definition) is 5. The van der Waals surface area contributed by atoms with E-state index in [1.54, 1.807) is 17.8 Å². The fourth-order valence-corrected chi connectivity index (χ4v) is 2.20. The van der Waals surface area contributed by atoms with E-state index in [1.807, 2.05) is 6.20 Å². The maximum Gasteiger partial charge on any atom is 0.309 e. The van der Waals surface area contributed by atoms with Gasteiger partial charge >= 0.3 is 5.69 Å². The minimum Gasteiger partial charge on any atom is -0.354 e. The Kier molecular flexibility index (Phi) is 5.26. The van der Waals surface area contributed by atoms with Crippen LogP contribution in [0, 0.1) is 17.0 Å². The fraction of sp³-hybridized carbons (Fsp3) is 0.417. The quantitative estimate of drug-likeness (QED) is 0.582. The third-order valence-corrected chi connectivity index (χ3v) is 3.36. The van der Waals surface area contributed by atoms with Gasteiger partial charge < -0.3 is 5.32 Å². The molecule has 1 amide bonds. The van der Waals surface area contributed by atoms with E-state index in [4.69, 9.17) is 0 Å². The molecule has 0 saturated heterocycles. The van der Waals surface area contributed by atoms with Crippen LogP contribution in [0.1, 0.15) is 12.1 Å². The van der Waals surface area contributed by atoms with Crippen molar-refractivity contribution in [2.24, 2.45) is 0 Å². The zero-order valence-corrected chi connectivity index (χ0v) is 13.5. The summed E-state index contributed by atoms with van der Waals surface area (Å²) in [7, 11) is 0. The summed E-state index contributed by atoms with van der Waals surface area (Å²) in [5.41, 5.74) is 0.305. The van der Waals surface area contributed by atoms with Gasteiger partial charge in [0.05, 0.1) is 22.1 Å². The van der Waals surface area contributed by atoms with Gasteiger partial charge in [-0.25, -0.2) is 0 Å². The standard InChI is InChI=1S/C12H15BrN6O3/c1-9-11(19(21)22)8-18(16-9)4-2-12(20)14-3-5-17-7-10(13)6-15-17/h6-8H,2-5H2,1H3,(H,14,20). The highest BCUT2D eigenvalue weighted by atomic mass is 79.9. The van der Waals surface area contributed by atoms with Crippen LogP contribution in [0.4, 0.5) is 5.69 Å². The molecule has 0 aromatic carbocycles. The van der Waals surface area contributed by atoms with Crippen LogP contribution in [-0.2, 0) is 17.9 Å². The van der Waals surface area contributed by atoms with Gasteiger partial charge in [-0.1, -0.05) is 0 Å². The van der Waals surface area contributed by atoms with Crippen molar-refractivity contribution in [1.29, 1.82) is 0 Å². The summed E-state index contributed by atoms with van der Waals surface area (Å²) < 4.78 is 4.01. The monoisotopic (exact) mass is 370 g/mol. The Balaban J connectivity index is 1.73. The highest BCUT2D eigenvalue weighted by Crippen LogP contribution is 2.15. The summed E-state index contributed by atoms with van der Waals surface area (Å²) in [6, 6.07) is 0. The Morgan fingerprint density at radius 2 is 2.18 bits per heavy atom. The number of aryl methyl sites for hydroxylation is 2. The van der Waals surface area contributed by atoms with E-state index >= 15 is 0 Å². The van der Waals surface area contributed by atoms with Gasteiger partial charge in [0.1, 0.15) is 11.9 Å². The first-order valence-electron chi connectivity index (χ1n) is 6.59. The van der Waals surface area contributed by atoms with Crippen molar-refractivity contribution >= 4 is 27.5 Å². The van der Waals surface area contributed by atoms with Crippen molar-refractivity contribution in [1.82, 2.24) is 24.9 Å². The van der Waals surface area contributed by atoms with Crippen molar-refractivity contribution < 1.29 is 9.72 Å². The second-order valence-corrected chi connectivity index (χ2v) is 5.56. The number of nitrogens with one attached hydrogen (secondary N) is 1. The molecule has 2 heterocycles. The molecule has 0 spiro atoms. The molecule has 0 aliphatic heterocycles. The van der Waals surface area contributed by atoms with Gasteiger partial charge in [-0.05, 0) is 22.9 Å². The zero-order valence-electron chi connectivity index (χ0n) is 11.9. The van der Waals surface area contributed by atoms with Gasteiger partial charge in [-0.2, -0.15) is 10.2 Å². The lowest BCUT2D eigenvalue weighted by Gasteiger charge is -2.05. The predicted molar refractivity (Wildman–Crippen MR) is 81.2 cm³/mol. The molecule has 2 aromatic rings. The number of halogens is 1. The minimum atomic E-state index is -0.485. The van der Waals surface area contributed by atoms with Crippen LogP contribution in [-0.4, -0.2) is 36.9 Å². The Morgan fingerprint density at radius 3 is 2.77 bits per heavy atom. The Labute approximate surface area is 134 Å². The summed E-state index contributed by atoms with van der Waals surface area (Å²) in [5, 5.41) is 21.6. The maximum atomic E-state index is 11.7. The molecule has 0 bridgehead atoms. The third-order valence-electron chi connectivity index (χ3n) is 2.95. The molecule has 0 radical (unpaired) electrons. The first-order valence-corrected chi connectivity index (χ1v) is 7.38. The lowest BCUT2D eigenvalue weighted by Crippen LogP contribution is -2.28. The van der Waals surface area contributed by atoms with Gasteiger partial charge in [0.2, 0.25) is 5.91 Å². The Morgan fingerprint density at radius 1 is 1.41 bits per heavy atom. The van der Waals surface area contributed by atoms with Gasteiger partial charge in [0.15, 0.2) is 0 Å². The normalized spacial score (nSPS) is 10.6. The smallest absolute Gasteiger partial charge is 0.309 e. The number of amides is 1. The summed E-state index contributed by atoms with van der Waals surface area (Å²) in [5.74, 6) is -0.137. The first-order chi connectivity index (χ1) is 10.5. The van der Waals surface area contributed by atoms with Gasteiger partial charge in [0, 0.05) is 25.7 Å². The molecule has 0 aliphatic carbocycles. The van der Waals surface area contributed by atoms with Crippen LogP contribution in [0.15, 0.2) is 23.1 Å². The molecule has 22 heavy (non-hydrogen) atoms. The molecular formula is C12H15BrN6O3. The van der Waals surface area contributed by atoms with E-state index in [0.717, 1.165) is 4.47 Å². The molecule has 0 saturated carbocycles. The van der Waals surface area contributed by atoms with E-state index in [1.165, 1.54) is 10.9 Å². The molecule has 0 fully saturated rings. The summed E-state index contributed by atoms with van der Waals surface area (Å²) in [4.78, 5) is 21.9. The average molecular weight is 371 g/mol. The lowest BCUT2D eigenvalue weighted by atomic mass is 10.4. The molecule has 1 N–H and O–H groups in total. The summed E-state index contributed by atoms with van der Waals surface area (Å²) in [6.45, 7) is 2.90. The van der Waals surface area contributed by atoms with E-state index in [9.17, 15) is 14.9 Å². The molecular weight excluding hydrogens is 356 g/mol. The van der Waals surface area contributed by atoms with E-state index in [2.05, 4.69) is 31.4 Å². The topological polar surface area (TPSA) is 108 Å². The molecule has 2 rings (SSSR count). The Bertz CT molecular complexity index is 680. The molecule has 2 aromatic heterocycles. The van der Waals surface area contributed by atoms with Crippen LogP contribution in [0.5, 0.6) is 0 Å². The number of aromatic nitrogens is 4. The number of carbonyl (C=O) groups is 1.